The molecule has 0 spiro atoms. The third-order valence-corrected chi connectivity index (χ3v) is 6.29. The van der Waals surface area contributed by atoms with Gasteiger partial charge in [-0.2, -0.15) is 0 Å². The zero-order valence-electron chi connectivity index (χ0n) is 13.3. The lowest BCUT2D eigenvalue weighted by atomic mass is 9.69. The van der Waals surface area contributed by atoms with E-state index in [1.54, 1.807) is 0 Å². The number of hydrogen-bond donors (Lipinski definition) is 1. The molecule has 2 heteroatoms. The Morgan fingerprint density at radius 1 is 1.19 bits per heavy atom. The lowest BCUT2D eigenvalue weighted by Gasteiger charge is -2.41. The first kappa shape index (κ1) is 15.1. The zero-order valence-corrected chi connectivity index (χ0v) is 14.1. The van der Waals surface area contributed by atoms with E-state index in [0.29, 0.717) is 11.5 Å². The van der Waals surface area contributed by atoms with Crippen LogP contribution in [-0.2, 0) is 6.42 Å². The Balaban J connectivity index is 1.84. The van der Waals surface area contributed by atoms with Gasteiger partial charge < -0.3 is 5.32 Å². The third-order valence-electron chi connectivity index (χ3n) is 5.27. The predicted octanol–water partition coefficient (Wildman–Crippen LogP) is 5.39. The highest BCUT2D eigenvalue weighted by molar-refractivity contribution is 7.17. The van der Waals surface area contributed by atoms with Crippen molar-refractivity contribution in [3.63, 3.8) is 0 Å². The first-order valence-corrected chi connectivity index (χ1v) is 9.29. The summed E-state index contributed by atoms with van der Waals surface area (Å²) >= 11 is 1.89. The summed E-state index contributed by atoms with van der Waals surface area (Å²) in [7, 11) is 0. The van der Waals surface area contributed by atoms with Gasteiger partial charge in [-0.05, 0) is 53.6 Å². The average molecular weight is 301 g/mol. The molecule has 1 aromatic heterocycles. The summed E-state index contributed by atoms with van der Waals surface area (Å²) in [6, 6.07) is 9.46. The monoisotopic (exact) mass is 301 g/mol. The van der Waals surface area contributed by atoms with Crippen LogP contribution in [0.3, 0.4) is 0 Å². The van der Waals surface area contributed by atoms with Crippen molar-refractivity contribution in [1.82, 2.24) is 5.32 Å². The van der Waals surface area contributed by atoms with Crippen LogP contribution in [0, 0.1) is 5.41 Å². The number of thiophene rings is 1. The highest BCUT2D eigenvalue weighted by atomic mass is 32.1. The Labute approximate surface area is 132 Å². The quantitative estimate of drug-likeness (QED) is 0.780. The third kappa shape index (κ3) is 3.17. The van der Waals surface area contributed by atoms with E-state index in [1.165, 1.54) is 54.2 Å². The summed E-state index contributed by atoms with van der Waals surface area (Å²) in [6.45, 7) is 5.82. The summed E-state index contributed by atoms with van der Waals surface area (Å²) in [6.07, 6.45) is 8.18. The molecule has 1 atom stereocenters. The van der Waals surface area contributed by atoms with Gasteiger partial charge in [-0.3, -0.25) is 0 Å². The minimum Gasteiger partial charge on any atom is -0.313 e. The van der Waals surface area contributed by atoms with Crippen molar-refractivity contribution in [2.75, 3.05) is 6.54 Å². The molecule has 1 unspecified atom stereocenters. The van der Waals surface area contributed by atoms with E-state index in [2.05, 4.69) is 48.8 Å². The van der Waals surface area contributed by atoms with Gasteiger partial charge in [-0.15, -0.1) is 11.3 Å². The van der Waals surface area contributed by atoms with Crippen molar-refractivity contribution < 1.29 is 0 Å². The molecular weight excluding hydrogens is 274 g/mol. The molecule has 2 aromatic rings. The fourth-order valence-corrected chi connectivity index (χ4v) is 4.91. The molecule has 0 aliphatic heterocycles. The molecular formula is C19H27NS. The fraction of sp³-hybridized carbons (Fsp3) is 0.579. The molecule has 1 aromatic carbocycles. The van der Waals surface area contributed by atoms with Crippen LogP contribution in [0.5, 0.6) is 0 Å². The van der Waals surface area contributed by atoms with Crippen molar-refractivity contribution in [3.8, 4) is 0 Å². The molecule has 1 fully saturated rings. The molecule has 0 bridgehead atoms. The van der Waals surface area contributed by atoms with Gasteiger partial charge in [0.1, 0.15) is 0 Å². The maximum atomic E-state index is 3.80. The van der Waals surface area contributed by atoms with Gasteiger partial charge in [0.25, 0.3) is 0 Å². The number of nitrogens with one attached hydrogen (secondary N) is 1. The van der Waals surface area contributed by atoms with Gasteiger partial charge in [0.2, 0.25) is 0 Å². The largest absolute Gasteiger partial charge is 0.313 e. The molecule has 1 aliphatic carbocycles. The summed E-state index contributed by atoms with van der Waals surface area (Å²) in [5.74, 6) is 0. The van der Waals surface area contributed by atoms with Gasteiger partial charge in [-0.1, -0.05) is 51.3 Å². The minimum absolute atomic E-state index is 0.470. The second-order valence-electron chi connectivity index (χ2n) is 6.79. The average Bonchev–Trinajstić information content (AvgIpc) is 2.91. The van der Waals surface area contributed by atoms with Crippen LogP contribution in [0.1, 0.15) is 51.5 Å². The van der Waals surface area contributed by atoms with E-state index in [0.717, 1.165) is 6.54 Å². The lowest BCUT2D eigenvalue weighted by molar-refractivity contribution is 0.145. The topological polar surface area (TPSA) is 12.0 Å². The van der Waals surface area contributed by atoms with Crippen LogP contribution in [0.15, 0.2) is 29.6 Å². The van der Waals surface area contributed by atoms with Crippen LogP contribution in [0.4, 0.5) is 0 Å². The summed E-state index contributed by atoms with van der Waals surface area (Å²) in [5, 5.41) is 7.64. The zero-order chi connectivity index (χ0) is 14.7. The second-order valence-corrected chi connectivity index (χ2v) is 7.70. The Hall–Kier alpha value is -0.860. The molecule has 1 aliphatic rings. The fourth-order valence-electron chi connectivity index (χ4n) is 3.93. The van der Waals surface area contributed by atoms with Gasteiger partial charge >= 0.3 is 0 Å². The van der Waals surface area contributed by atoms with Crippen LogP contribution in [0.25, 0.3) is 10.1 Å². The molecule has 1 heterocycles. The van der Waals surface area contributed by atoms with Crippen LogP contribution in [-0.4, -0.2) is 12.6 Å². The second kappa shape index (κ2) is 6.50. The van der Waals surface area contributed by atoms with E-state index in [-0.39, 0.29) is 0 Å². The van der Waals surface area contributed by atoms with E-state index >= 15 is 0 Å². The summed E-state index contributed by atoms with van der Waals surface area (Å²) in [5.41, 5.74) is 2.01. The van der Waals surface area contributed by atoms with Crippen LogP contribution >= 0.6 is 11.3 Å². The Morgan fingerprint density at radius 3 is 2.71 bits per heavy atom. The minimum atomic E-state index is 0.470. The summed E-state index contributed by atoms with van der Waals surface area (Å²) in [4.78, 5) is 0. The first-order chi connectivity index (χ1) is 10.2. The van der Waals surface area contributed by atoms with Gasteiger partial charge in [0.05, 0.1) is 0 Å². The molecule has 0 amide bonds. The Morgan fingerprint density at radius 2 is 1.95 bits per heavy atom. The maximum Gasteiger partial charge on any atom is 0.0345 e. The first-order valence-electron chi connectivity index (χ1n) is 8.41. The standard InChI is InChI=1S/C19H27NS/c1-3-20-18(19(2)11-7-4-8-12-19)13-15-14-21-17-10-6-5-9-16(15)17/h5-6,9-10,14,18,20H,3-4,7-8,11-13H2,1-2H3. The van der Waals surface area contributed by atoms with Gasteiger partial charge in [0, 0.05) is 10.7 Å². The Bertz CT molecular complexity index is 580. The highest BCUT2D eigenvalue weighted by Crippen LogP contribution is 2.40. The van der Waals surface area contributed by atoms with Crippen molar-refractivity contribution in [1.29, 1.82) is 0 Å². The molecule has 0 saturated heterocycles. The smallest absolute Gasteiger partial charge is 0.0345 e. The van der Waals surface area contributed by atoms with Gasteiger partial charge in [-0.25, -0.2) is 0 Å². The number of likely N-dealkylation sites (N-methyl/N-ethyl adjacent to an activating group) is 1. The predicted molar refractivity (Wildman–Crippen MR) is 94.2 cm³/mol. The van der Waals surface area contributed by atoms with Crippen molar-refractivity contribution in [2.45, 2.75) is 58.4 Å². The normalized spacial score (nSPS) is 19.7. The van der Waals surface area contributed by atoms with E-state index in [9.17, 15) is 0 Å². The maximum absolute atomic E-state index is 3.80. The van der Waals surface area contributed by atoms with E-state index in [4.69, 9.17) is 0 Å². The molecule has 0 radical (unpaired) electrons. The van der Waals surface area contributed by atoms with E-state index in [1.807, 2.05) is 11.3 Å². The molecule has 1 nitrogen and oxygen atoms in total. The number of fused-ring (bicyclic) bond motifs is 1. The van der Waals surface area contributed by atoms with Crippen molar-refractivity contribution >= 4 is 21.4 Å². The van der Waals surface area contributed by atoms with Crippen LogP contribution < -0.4 is 5.32 Å². The number of hydrogen-bond acceptors (Lipinski definition) is 2. The van der Waals surface area contributed by atoms with Gasteiger partial charge in [0.15, 0.2) is 0 Å². The molecule has 3 rings (SSSR count). The number of benzene rings is 1. The molecule has 1 saturated carbocycles. The highest BCUT2D eigenvalue weighted by Gasteiger charge is 2.35. The van der Waals surface area contributed by atoms with Crippen LogP contribution in [0.2, 0.25) is 0 Å². The lowest BCUT2D eigenvalue weighted by Crippen LogP contribution is -2.46. The van der Waals surface area contributed by atoms with Crippen molar-refractivity contribution in [3.05, 3.63) is 35.2 Å². The number of rotatable bonds is 5. The summed E-state index contributed by atoms with van der Waals surface area (Å²) < 4.78 is 1.43. The van der Waals surface area contributed by atoms with Crippen molar-refractivity contribution in [2.24, 2.45) is 5.41 Å². The Kier molecular flexibility index (Phi) is 4.66. The van der Waals surface area contributed by atoms with E-state index < -0.39 is 0 Å². The molecule has 114 valence electrons. The molecule has 21 heavy (non-hydrogen) atoms. The molecule has 1 N–H and O–H groups in total. The SMILES string of the molecule is CCNC(Cc1csc2ccccc12)C1(C)CCCCC1.